The number of methoxy groups -OCH3 is 1. The van der Waals surface area contributed by atoms with E-state index in [1.165, 1.54) is 7.11 Å². The molecule has 0 aliphatic heterocycles. The molecule has 4 heteroatoms. The van der Waals surface area contributed by atoms with Gasteiger partial charge in [0.2, 0.25) is 0 Å². The summed E-state index contributed by atoms with van der Waals surface area (Å²) in [5.74, 6) is 0.0620. The van der Waals surface area contributed by atoms with Gasteiger partial charge in [-0.3, -0.25) is 4.79 Å². The van der Waals surface area contributed by atoms with Crippen molar-refractivity contribution in [1.82, 2.24) is 4.90 Å². The molecule has 88 valence electrons. The molecule has 0 amide bonds. The van der Waals surface area contributed by atoms with Crippen LogP contribution in [0.25, 0.3) is 0 Å². The van der Waals surface area contributed by atoms with Crippen molar-refractivity contribution in [1.29, 1.82) is 0 Å². The van der Waals surface area contributed by atoms with Crippen molar-refractivity contribution >= 4 is 5.97 Å². The zero-order valence-electron chi connectivity index (χ0n) is 10.3. The summed E-state index contributed by atoms with van der Waals surface area (Å²) in [5, 5.41) is 0. The van der Waals surface area contributed by atoms with E-state index in [-0.39, 0.29) is 31.4 Å². The van der Waals surface area contributed by atoms with Gasteiger partial charge >= 0.3 is 25.4 Å². The molecule has 3 nitrogen and oxygen atoms in total. The Morgan fingerprint density at radius 2 is 1.75 bits per heavy atom. The number of rotatable bonds is 4. The topological polar surface area (TPSA) is 29.5 Å². The van der Waals surface area contributed by atoms with E-state index in [4.69, 9.17) is 4.74 Å². The predicted molar refractivity (Wildman–Crippen MR) is 60.0 cm³/mol. The Bertz CT molecular complexity index is 199. The van der Waals surface area contributed by atoms with Gasteiger partial charge < -0.3 is 23.5 Å². The van der Waals surface area contributed by atoms with Gasteiger partial charge in [-0.15, -0.1) is 13.1 Å². The summed E-state index contributed by atoms with van der Waals surface area (Å²) in [6.45, 7) is 9.40. The molecule has 0 heterocycles. The fourth-order valence-electron chi connectivity index (χ4n) is 2.32. The predicted octanol–water partition coefficient (Wildman–Crippen LogP) is 1.69. The molecular formula is C12H21NO2Zn. The average Bonchev–Trinajstić information content (AvgIpc) is 2.30. The standard InChI is InChI=1S/C12H21NO2.Zn/c1-4-13(5-2)11-8-6-10(7-9-11)12(14)15-3;/h10-11H,1-2,4-9H2,3H3;/q-2;+2. The van der Waals surface area contributed by atoms with E-state index in [2.05, 4.69) is 18.7 Å². The molecule has 1 fully saturated rings. The van der Waals surface area contributed by atoms with E-state index in [0.29, 0.717) is 6.04 Å². The number of carbonyl (C=O) groups excluding carboxylic acids is 1. The molecule has 0 unspecified atom stereocenters. The van der Waals surface area contributed by atoms with Crippen LogP contribution in [0.1, 0.15) is 25.7 Å². The molecular weight excluding hydrogens is 256 g/mol. The maximum Gasteiger partial charge on any atom is 2.00 e. The zero-order chi connectivity index (χ0) is 11.3. The van der Waals surface area contributed by atoms with E-state index >= 15 is 0 Å². The Hall–Kier alpha value is 0.0534. The second-order valence-electron chi connectivity index (χ2n) is 4.06. The van der Waals surface area contributed by atoms with E-state index in [9.17, 15) is 4.79 Å². The molecule has 0 spiro atoms. The first-order valence-electron chi connectivity index (χ1n) is 5.63. The number of esters is 1. The Kier molecular flexibility index (Phi) is 8.22. The molecule has 1 aliphatic carbocycles. The third-order valence-electron chi connectivity index (χ3n) is 3.32. The summed E-state index contributed by atoms with van der Waals surface area (Å²) >= 11 is 0. The summed E-state index contributed by atoms with van der Waals surface area (Å²) in [5.41, 5.74) is 0. The van der Waals surface area contributed by atoms with E-state index in [1.807, 2.05) is 0 Å². The van der Waals surface area contributed by atoms with Crippen LogP contribution in [0.15, 0.2) is 0 Å². The molecule has 0 N–H and O–H groups in total. The Balaban J connectivity index is 0.00000225. The van der Waals surface area contributed by atoms with Crippen LogP contribution in [0.4, 0.5) is 0 Å². The molecule has 0 aromatic rings. The van der Waals surface area contributed by atoms with Gasteiger partial charge in [-0.1, -0.05) is 0 Å². The normalized spacial score (nSPS) is 25.0. The number of hydrogen-bond acceptors (Lipinski definition) is 3. The second kappa shape index (κ2) is 8.19. The van der Waals surface area contributed by atoms with Crippen LogP contribution in [0.2, 0.25) is 0 Å². The summed E-state index contributed by atoms with van der Waals surface area (Å²) < 4.78 is 4.76. The van der Waals surface area contributed by atoms with Crippen LogP contribution >= 0.6 is 0 Å². The van der Waals surface area contributed by atoms with Gasteiger partial charge in [0.15, 0.2) is 0 Å². The fraction of sp³-hybridized carbons (Fsp3) is 0.750. The van der Waals surface area contributed by atoms with Gasteiger partial charge in [0.1, 0.15) is 0 Å². The van der Waals surface area contributed by atoms with Crippen molar-refractivity contribution in [3.05, 3.63) is 13.8 Å². The zero-order valence-corrected chi connectivity index (χ0v) is 13.2. The first kappa shape index (κ1) is 16.1. The summed E-state index contributed by atoms with van der Waals surface area (Å²) in [4.78, 5) is 13.6. The largest absolute Gasteiger partial charge is 2.00 e. The molecule has 0 saturated heterocycles. The summed E-state index contributed by atoms with van der Waals surface area (Å²) in [6.07, 6.45) is 4.00. The Morgan fingerprint density at radius 1 is 1.25 bits per heavy atom. The van der Waals surface area contributed by atoms with Gasteiger partial charge in [-0.25, -0.2) is 0 Å². The third kappa shape index (κ3) is 4.14. The van der Waals surface area contributed by atoms with E-state index < -0.39 is 0 Å². The van der Waals surface area contributed by atoms with Crippen LogP contribution in [0.3, 0.4) is 0 Å². The van der Waals surface area contributed by atoms with E-state index in [1.54, 1.807) is 0 Å². The van der Waals surface area contributed by atoms with Crippen molar-refractivity contribution in [3.8, 4) is 0 Å². The number of hydrogen-bond donors (Lipinski definition) is 0. The molecule has 1 aliphatic rings. The minimum atomic E-state index is -0.0516. The molecule has 0 atom stereocenters. The first-order chi connectivity index (χ1) is 7.22. The SMILES string of the molecule is [CH2-]CN(C[CH2-])C1CCC(C(=O)OC)CC1.[Zn+2]. The summed E-state index contributed by atoms with van der Waals surface area (Å²) in [7, 11) is 1.46. The third-order valence-corrected chi connectivity index (χ3v) is 3.32. The van der Waals surface area contributed by atoms with Gasteiger partial charge in [-0.2, -0.15) is 0 Å². The van der Waals surface area contributed by atoms with Gasteiger partial charge in [-0.05, 0) is 25.7 Å². The smallest absolute Gasteiger partial charge is 0.469 e. The van der Waals surface area contributed by atoms with Crippen LogP contribution in [0.5, 0.6) is 0 Å². The fourth-order valence-corrected chi connectivity index (χ4v) is 2.32. The molecule has 0 aromatic heterocycles. The molecule has 0 aromatic carbocycles. The Labute approximate surface area is 112 Å². The van der Waals surface area contributed by atoms with Crippen LogP contribution in [-0.2, 0) is 29.0 Å². The van der Waals surface area contributed by atoms with Gasteiger partial charge in [0, 0.05) is 6.04 Å². The molecule has 0 radical (unpaired) electrons. The average molecular weight is 277 g/mol. The van der Waals surface area contributed by atoms with Crippen LogP contribution < -0.4 is 0 Å². The van der Waals surface area contributed by atoms with Crippen molar-refractivity contribution in [3.63, 3.8) is 0 Å². The van der Waals surface area contributed by atoms with Crippen molar-refractivity contribution in [2.75, 3.05) is 20.2 Å². The van der Waals surface area contributed by atoms with Gasteiger partial charge in [0.05, 0.1) is 13.0 Å². The first-order valence-corrected chi connectivity index (χ1v) is 5.63. The summed E-state index contributed by atoms with van der Waals surface area (Å²) in [6, 6.07) is 0.556. The van der Waals surface area contributed by atoms with Crippen molar-refractivity contribution in [2.45, 2.75) is 31.7 Å². The Morgan fingerprint density at radius 3 is 2.12 bits per heavy atom. The molecule has 1 saturated carbocycles. The molecule has 0 bridgehead atoms. The monoisotopic (exact) mass is 275 g/mol. The minimum absolute atomic E-state index is 0. The second-order valence-corrected chi connectivity index (χ2v) is 4.06. The maximum absolute atomic E-state index is 11.3. The number of ether oxygens (including phenoxy) is 1. The molecule has 1 rings (SSSR count). The van der Waals surface area contributed by atoms with E-state index in [0.717, 1.165) is 38.8 Å². The van der Waals surface area contributed by atoms with Crippen LogP contribution in [0, 0.1) is 19.8 Å². The van der Waals surface area contributed by atoms with Crippen molar-refractivity contribution in [2.24, 2.45) is 5.92 Å². The molecule has 16 heavy (non-hydrogen) atoms. The number of carbonyl (C=O) groups is 1. The maximum atomic E-state index is 11.3. The number of nitrogens with zero attached hydrogens (tertiary/aromatic N) is 1. The van der Waals surface area contributed by atoms with Crippen molar-refractivity contribution < 1.29 is 29.0 Å². The minimum Gasteiger partial charge on any atom is -0.469 e. The quantitative estimate of drug-likeness (QED) is 0.445. The van der Waals surface area contributed by atoms with Crippen LogP contribution in [-0.4, -0.2) is 37.1 Å². The van der Waals surface area contributed by atoms with Gasteiger partial charge in [0.25, 0.3) is 0 Å².